The molecule has 2 aliphatic rings. The van der Waals surface area contributed by atoms with Crippen molar-refractivity contribution in [2.24, 2.45) is 22.7 Å². The summed E-state index contributed by atoms with van der Waals surface area (Å²) in [5.74, 6) is 0.680. The van der Waals surface area contributed by atoms with Crippen LogP contribution < -0.4 is 11.1 Å². The summed E-state index contributed by atoms with van der Waals surface area (Å²) in [5.41, 5.74) is 5.20. The largest absolute Gasteiger partial charge is 0.409 e. The highest BCUT2D eigenvalue weighted by molar-refractivity contribution is 5.94. The lowest BCUT2D eigenvalue weighted by Crippen LogP contribution is -2.63. The molecule has 0 spiro atoms. The predicted octanol–water partition coefficient (Wildman–Crippen LogP) is 0.750. The Bertz CT molecular complexity index is 389. The SMILES string of the molecule is CC1CCCC1C(=O)NC1(C(N)=NO)CCN(C)CC1. The van der Waals surface area contributed by atoms with Gasteiger partial charge in [-0.25, -0.2) is 0 Å². The average molecular weight is 282 g/mol. The van der Waals surface area contributed by atoms with Gasteiger partial charge in [0.25, 0.3) is 0 Å². The molecular weight excluding hydrogens is 256 g/mol. The highest BCUT2D eigenvalue weighted by Crippen LogP contribution is 2.32. The molecule has 2 rings (SSSR count). The van der Waals surface area contributed by atoms with Crippen LogP contribution in [0.5, 0.6) is 0 Å². The number of carbonyl (C=O) groups excluding carboxylic acids is 1. The molecule has 1 amide bonds. The number of hydrogen-bond acceptors (Lipinski definition) is 4. The lowest BCUT2D eigenvalue weighted by molar-refractivity contribution is -0.127. The van der Waals surface area contributed by atoms with Crippen molar-refractivity contribution < 1.29 is 10.0 Å². The van der Waals surface area contributed by atoms with Crippen LogP contribution in [0, 0.1) is 11.8 Å². The fraction of sp³-hybridized carbons (Fsp3) is 0.857. The van der Waals surface area contributed by atoms with Crippen molar-refractivity contribution in [3.63, 3.8) is 0 Å². The number of oxime groups is 1. The molecule has 6 nitrogen and oxygen atoms in total. The Morgan fingerprint density at radius 1 is 1.40 bits per heavy atom. The molecule has 2 fully saturated rings. The van der Waals surface area contributed by atoms with Crippen LogP contribution in [0.25, 0.3) is 0 Å². The van der Waals surface area contributed by atoms with Crippen LogP contribution in [-0.2, 0) is 4.79 Å². The number of rotatable bonds is 3. The first kappa shape index (κ1) is 15.1. The molecule has 0 radical (unpaired) electrons. The molecule has 0 aromatic rings. The first-order valence-corrected chi connectivity index (χ1v) is 7.47. The van der Waals surface area contributed by atoms with E-state index in [2.05, 4.69) is 22.3 Å². The van der Waals surface area contributed by atoms with Gasteiger partial charge in [0.1, 0.15) is 5.54 Å². The second kappa shape index (κ2) is 5.99. The van der Waals surface area contributed by atoms with Crippen LogP contribution in [0.3, 0.4) is 0 Å². The molecule has 0 bridgehead atoms. The second-order valence-corrected chi connectivity index (χ2v) is 6.37. The van der Waals surface area contributed by atoms with Gasteiger partial charge < -0.3 is 21.2 Å². The minimum Gasteiger partial charge on any atom is -0.409 e. The molecular formula is C14H26N4O2. The molecule has 2 atom stereocenters. The number of nitrogens with one attached hydrogen (secondary N) is 1. The first-order valence-electron chi connectivity index (χ1n) is 7.47. The quantitative estimate of drug-likeness (QED) is 0.308. The van der Waals surface area contributed by atoms with Crippen molar-refractivity contribution in [3.8, 4) is 0 Å². The van der Waals surface area contributed by atoms with E-state index in [9.17, 15) is 4.79 Å². The number of amidine groups is 1. The van der Waals surface area contributed by atoms with Crippen LogP contribution in [0.1, 0.15) is 39.0 Å². The lowest BCUT2D eigenvalue weighted by atomic mass is 9.85. The fourth-order valence-electron chi connectivity index (χ4n) is 3.40. The van der Waals surface area contributed by atoms with Gasteiger partial charge in [0.05, 0.1) is 0 Å². The minimum atomic E-state index is -0.680. The summed E-state index contributed by atoms with van der Waals surface area (Å²) < 4.78 is 0. The third-order valence-electron chi connectivity index (χ3n) is 5.00. The smallest absolute Gasteiger partial charge is 0.224 e. The van der Waals surface area contributed by atoms with Crippen molar-refractivity contribution in [3.05, 3.63) is 0 Å². The van der Waals surface area contributed by atoms with Gasteiger partial charge in [-0.3, -0.25) is 4.79 Å². The molecule has 114 valence electrons. The number of nitrogens with two attached hydrogens (primary N) is 1. The van der Waals surface area contributed by atoms with Gasteiger partial charge in [0.2, 0.25) is 5.91 Å². The van der Waals surface area contributed by atoms with Gasteiger partial charge in [-0.05, 0) is 38.6 Å². The molecule has 1 saturated heterocycles. The Hall–Kier alpha value is -1.30. The summed E-state index contributed by atoms with van der Waals surface area (Å²) in [5, 5.41) is 15.3. The zero-order valence-electron chi connectivity index (χ0n) is 12.4. The Morgan fingerprint density at radius 3 is 2.55 bits per heavy atom. The highest BCUT2D eigenvalue weighted by atomic mass is 16.4. The van der Waals surface area contributed by atoms with Gasteiger partial charge in [-0.1, -0.05) is 18.5 Å². The second-order valence-electron chi connectivity index (χ2n) is 6.37. The van der Waals surface area contributed by atoms with Crippen molar-refractivity contribution >= 4 is 11.7 Å². The van der Waals surface area contributed by atoms with Gasteiger partial charge in [-0.2, -0.15) is 0 Å². The van der Waals surface area contributed by atoms with Crippen molar-refractivity contribution in [2.75, 3.05) is 20.1 Å². The van der Waals surface area contributed by atoms with Gasteiger partial charge in [0, 0.05) is 19.0 Å². The van der Waals surface area contributed by atoms with E-state index in [1.165, 1.54) is 0 Å². The summed E-state index contributed by atoms with van der Waals surface area (Å²) >= 11 is 0. The first-order chi connectivity index (χ1) is 9.48. The summed E-state index contributed by atoms with van der Waals surface area (Å²) in [4.78, 5) is 14.7. The maximum atomic E-state index is 12.5. The van der Waals surface area contributed by atoms with E-state index in [1.54, 1.807) is 0 Å². The maximum absolute atomic E-state index is 12.5. The standard InChI is InChI=1S/C14H26N4O2/c1-10-4-3-5-11(10)12(19)16-14(13(15)17-20)6-8-18(2)9-7-14/h10-11,20H,3-9H2,1-2H3,(H2,15,17)(H,16,19). The average Bonchev–Trinajstić information content (AvgIpc) is 2.87. The van der Waals surface area contributed by atoms with Gasteiger partial charge in [-0.15, -0.1) is 0 Å². The summed E-state index contributed by atoms with van der Waals surface area (Å²) in [7, 11) is 2.04. The fourth-order valence-corrected chi connectivity index (χ4v) is 3.40. The van der Waals surface area contributed by atoms with Crippen molar-refractivity contribution in [1.82, 2.24) is 10.2 Å². The minimum absolute atomic E-state index is 0.0613. The monoisotopic (exact) mass is 282 g/mol. The number of amides is 1. The normalized spacial score (nSPS) is 31.2. The van der Waals surface area contributed by atoms with E-state index in [1.807, 2.05) is 7.05 Å². The summed E-state index contributed by atoms with van der Waals surface area (Å²) in [6.07, 6.45) is 4.54. The summed E-state index contributed by atoms with van der Waals surface area (Å²) in [6.45, 7) is 3.79. The number of piperidine rings is 1. The molecule has 1 aliphatic heterocycles. The van der Waals surface area contributed by atoms with E-state index in [0.29, 0.717) is 18.8 Å². The summed E-state index contributed by atoms with van der Waals surface area (Å²) in [6, 6.07) is 0. The van der Waals surface area contributed by atoms with Gasteiger partial charge in [0.15, 0.2) is 5.84 Å². The molecule has 20 heavy (non-hydrogen) atoms. The number of hydrogen-bond donors (Lipinski definition) is 3. The Labute approximate surface area is 120 Å². The Kier molecular flexibility index (Phi) is 4.52. The predicted molar refractivity (Wildman–Crippen MR) is 77.5 cm³/mol. The van der Waals surface area contributed by atoms with Gasteiger partial charge >= 0.3 is 0 Å². The third kappa shape index (κ3) is 2.90. The van der Waals surface area contributed by atoms with Crippen LogP contribution in [-0.4, -0.2) is 47.5 Å². The molecule has 4 N–H and O–H groups in total. The molecule has 1 heterocycles. The van der Waals surface area contributed by atoms with Crippen molar-refractivity contribution in [2.45, 2.75) is 44.6 Å². The lowest BCUT2D eigenvalue weighted by Gasteiger charge is -2.40. The van der Waals surface area contributed by atoms with E-state index in [0.717, 1.165) is 32.4 Å². The van der Waals surface area contributed by atoms with Crippen LogP contribution >= 0.6 is 0 Å². The Morgan fingerprint density at radius 2 is 2.05 bits per heavy atom. The maximum Gasteiger partial charge on any atom is 0.224 e. The molecule has 1 saturated carbocycles. The number of likely N-dealkylation sites (tertiary alicyclic amines) is 1. The molecule has 0 aromatic heterocycles. The van der Waals surface area contributed by atoms with E-state index in [-0.39, 0.29) is 17.7 Å². The van der Waals surface area contributed by atoms with Crippen molar-refractivity contribution in [1.29, 1.82) is 0 Å². The van der Waals surface area contributed by atoms with E-state index < -0.39 is 5.54 Å². The van der Waals surface area contributed by atoms with E-state index in [4.69, 9.17) is 10.9 Å². The zero-order valence-corrected chi connectivity index (χ0v) is 12.4. The zero-order chi connectivity index (χ0) is 14.8. The number of carbonyl (C=O) groups is 1. The molecule has 1 aliphatic carbocycles. The van der Waals surface area contributed by atoms with Crippen LogP contribution in [0.4, 0.5) is 0 Å². The van der Waals surface area contributed by atoms with Crippen LogP contribution in [0.2, 0.25) is 0 Å². The van der Waals surface area contributed by atoms with E-state index >= 15 is 0 Å². The topological polar surface area (TPSA) is 91.0 Å². The highest BCUT2D eigenvalue weighted by Gasteiger charge is 2.42. The Balaban J connectivity index is 2.10. The molecule has 0 aromatic carbocycles. The number of nitrogens with zero attached hydrogens (tertiary/aromatic N) is 2. The third-order valence-corrected chi connectivity index (χ3v) is 5.00. The molecule has 6 heteroatoms. The van der Waals surface area contributed by atoms with Crippen LogP contribution in [0.15, 0.2) is 5.16 Å². The molecule has 2 unspecified atom stereocenters.